The topological polar surface area (TPSA) is 37.3 Å². The molecule has 0 aliphatic heterocycles. The lowest BCUT2D eigenvalue weighted by atomic mass is 9.73. The molecule has 13 heavy (non-hydrogen) atoms. The van der Waals surface area contributed by atoms with Gasteiger partial charge in [-0.05, 0) is 24.2 Å². The van der Waals surface area contributed by atoms with Crippen molar-refractivity contribution in [3.63, 3.8) is 0 Å². The fourth-order valence-corrected chi connectivity index (χ4v) is 2.08. The normalized spacial score (nSPS) is 25.7. The van der Waals surface area contributed by atoms with Crippen LogP contribution >= 0.6 is 0 Å². The molecule has 1 N–H and O–H groups in total. The summed E-state index contributed by atoms with van der Waals surface area (Å²) in [5, 5.41) is 7.42. The minimum Gasteiger partial charge on any atom is -0.481 e. The van der Waals surface area contributed by atoms with Crippen LogP contribution < -0.4 is 0 Å². The molecule has 0 amide bonds. The molecule has 0 aromatic heterocycles. The quantitative estimate of drug-likeness (QED) is 0.630. The summed E-state index contributed by atoms with van der Waals surface area (Å²) in [7, 11) is 0. The molecule has 1 atom stereocenters. The lowest BCUT2D eigenvalue weighted by molar-refractivity contribution is -0.134. The van der Waals surface area contributed by atoms with E-state index < -0.39 is 5.97 Å². The van der Waals surface area contributed by atoms with Crippen molar-refractivity contribution in [2.45, 2.75) is 53.4 Å². The number of hydrogen-bond donors (Lipinski definition) is 1. The van der Waals surface area contributed by atoms with Crippen molar-refractivity contribution in [1.29, 1.82) is 0 Å². The van der Waals surface area contributed by atoms with Crippen LogP contribution in [-0.4, -0.2) is 11.1 Å². The number of hydrogen-bond acceptors (Lipinski definition) is 1. The van der Waals surface area contributed by atoms with E-state index in [1.165, 1.54) is 25.7 Å². The van der Waals surface area contributed by atoms with Gasteiger partial charge >= 0.3 is 0 Å². The molecular formula is C11H22O2. The summed E-state index contributed by atoms with van der Waals surface area (Å²) in [6.07, 6.45) is 5.79. The molecule has 0 heterocycles. The molecule has 0 aromatic carbocycles. The van der Waals surface area contributed by atoms with E-state index in [-0.39, 0.29) is 0 Å². The Bertz CT molecular complexity index is 157. The minimum atomic E-state index is -0.833. The fraction of sp³-hybridized carbons (Fsp3) is 0.909. The highest BCUT2D eigenvalue weighted by molar-refractivity contribution is 5.62. The van der Waals surface area contributed by atoms with E-state index in [9.17, 15) is 0 Å². The average Bonchev–Trinajstić information content (AvgIpc) is 1.81. The number of aliphatic carboxylic acids is 1. The van der Waals surface area contributed by atoms with Gasteiger partial charge in [0, 0.05) is 6.92 Å². The summed E-state index contributed by atoms with van der Waals surface area (Å²) in [4.78, 5) is 9.00. The Balaban J connectivity index is 0.000000310. The second kappa shape index (κ2) is 5.25. The maximum Gasteiger partial charge on any atom is 0.300 e. The van der Waals surface area contributed by atoms with Crippen molar-refractivity contribution in [2.75, 3.05) is 0 Å². The van der Waals surface area contributed by atoms with Crippen LogP contribution in [0.3, 0.4) is 0 Å². The van der Waals surface area contributed by atoms with E-state index in [0.29, 0.717) is 5.41 Å². The van der Waals surface area contributed by atoms with Gasteiger partial charge in [0.2, 0.25) is 0 Å². The van der Waals surface area contributed by atoms with Crippen LogP contribution in [0.1, 0.15) is 53.4 Å². The molecule has 2 nitrogen and oxygen atoms in total. The molecule has 1 unspecified atom stereocenters. The molecule has 0 aromatic rings. The zero-order valence-electron chi connectivity index (χ0n) is 9.26. The number of carbonyl (C=O) groups is 1. The van der Waals surface area contributed by atoms with Crippen molar-refractivity contribution in [3.05, 3.63) is 0 Å². The second-order valence-electron chi connectivity index (χ2n) is 4.88. The molecule has 0 radical (unpaired) electrons. The highest BCUT2D eigenvalue weighted by atomic mass is 16.4. The zero-order valence-corrected chi connectivity index (χ0v) is 9.26. The third-order valence-corrected chi connectivity index (χ3v) is 2.45. The molecule has 0 bridgehead atoms. The van der Waals surface area contributed by atoms with Crippen molar-refractivity contribution < 1.29 is 9.90 Å². The van der Waals surface area contributed by atoms with Gasteiger partial charge in [-0.3, -0.25) is 4.79 Å². The molecule has 0 spiro atoms. The third-order valence-electron chi connectivity index (χ3n) is 2.45. The molecule has 1 rings (SSSR count). The van der Waals surface area contributed by atoms with Crippen LogP contribution in [0.2, 0.25) is 0 Å². The van der Waals surface area contributed by atoms with E-state index in [1.54, 1.807) is 0 Å². The van der Waals surface area contributed by atoms with Gasteiger partial charge in [-0.1, -0.05) is 33.6 Å². The maximum absolute atomic E-state index is 9.00. The van der Waals surface area contributed by atoms with Crippen LogP contribution in [-0.2, 0) is 4.79 Å². The Hall–Kier alpha value is -0.530. The first-order valence-corrected chi connectivity index (χ1v) is 5.03. The maximum atomic E-state index is 9.00. The van der Waals surface area contributed by atoms with Crippen LogP contribution in [0.15, 0.2) is 0 Å². The Labute approximate surface area is 81.3 Å². The Morgan fingerprint density at radius 2 is 1.92 bits per heavy atom. The molecule has 1 fully saturated rings. The smallest absolute Gasteiger partial charge is 0.300 e. The summed E-state index contributed by atoms with van der Waals surface area (Å²) >= 11 is 0. The number of rotatable bonds is 0. The van der Waals surface area contributed by atoms with Crippen LogP contribution in [0, 0.1) is 11.3 Å². The van der Waals surface area contributed by atoms with Crippen molar-refractivity contribution in [2.24, 2.45) is 11.3 Å². The Morgan fingerprint density at radius 3 is 2.15 bits per heavy atom. The predicted octanol–water partition coefficient (Wildman–Crippen LogP) is 3.31. The van der Waals surface area contributed by atoms with E-state index in [4.69, 9.17) is 9.90 Å². The standard InChI is InChI=1S/C9H18.C2H4O2/c1-8-5-4-6-9(2,3)7-8;1-2(3)4/h8H,4-7H2,1-3H3;1H3,(H,3,4). The number of carboxylic acids is 1. The van der Waals surface area contributed by atoms with E-state index in [1.807, 2.05) is 0 Å². The Kier molecular flexibility index (Phi) is 5.04. The summed E-state index contributed by atoms with van der Waals surface area (Å²) in [6, 6.07) is 0. The first-order chi connectivity index (χ1) is 5.83. The van der Waals surface area contributed by atoms with Gasteiger partial charge in [0.1, 0.15) is 0 Å². The molecule has 1 aliphatic rings. The Morgan fingerprint density at radius 1 is 1.46 bits per heavy atom. The first kappa shape index (κ1) is 12.5. The second-order valence-corrected chi connectivity index (χ2v) is 4.88. The van der Waals surface area contributed by atoms with Gasteiger partial charge in [-0.25, -0.2) is 0 Å². The van der Waals surface area contributed by atoms with Gasteiger partial charge in [-0.2, -0.15) is 0 Å². The van der Waals surface area contributed by atoms with Gasteiger partial charge in [0.25, 0.3) is 5.97 Å². The summed E-state index contributed by atoms with van der Waals surface area (Å²) in [6.45, 7) is 8.24. The van der Waals surface area contributed by atoms with Crippen molar-refractivity contribution in [3.8, 4) is 0 Å². The van der Waals surface area contributed by atoms with E-state index >= 15 is 0 Å². The number of carboxylic acid groups (broad SMARTS) is 1. The molecular weight excluding hydrogens is 164 g/mol. The third kappa shape index (κ3) is 7.82. The first-order valence-electron chi connectivity index (χ1n) is 5.03. The summed E-state index contributed by atoms with van der Waals surface area (Å²) in [5.74, 6) is 0.147. The zero-order chi connectivity index (χ0) is 10.5. The largest absolute Gasteiger partial charge is 0.481 e. The monoisotopic (exact) mass is 186 g/mol. The SMILES string of the molecule is CC(=O)O.CC1CCCC(C)(C)C1. The highest BCUT2D eigenvalue weighted by Gasteiger charge is 2.24. The lowest BCUT2D eigenvalue weighted by Gasteiger charge is -2.33. The molecule has 0 saturated heterocycles. The molecule has 1 aliphatic carbocycles. The van der Waals surface area contributed by atoms with E-state index in [0.717, 1.165) is 12.8 Å². The highest BCUT2D eigenvalue weighted by Crippen LogP contribution is 2.37. The average molecular weight is 186 g/mol. The summed E-state index contributed by atoms with van der Waals surface area (Å²) < 4.78 is 0. The summed E-state index contributed by atoms with van der Waals surface area (Å²) in [5.41, 5.74) is 0.650. The van der Waals surface area contributed by atoms with Crippen LogP contribution in [0.25, 0.3) is 0 Å². The fourth-order valence-electron chi connectivity index (χ4n) is 2.08. The van der Waals surface area contributed by atoms with Crippen molar-refractivity contribution >= 4 is 5.97 Å². The van der Waals surface area contributed by atoms with Gasteiger partial charge in [0.05, 0.1) is 0 Å². The van der Waals surface area contributed by atoms with Crippen LogP contribution in [0.5, 0.6) is 0 Å². The van der Waals surface area contributed by atoms with E-state index in [2.05, 4.69) is 20.8 Å². The van der Waals surface area contributed by atoms with Gasteiger partial charge in [-0.15, -0.1) is 0 Å². The van der Waals surface area contributed by atoms with Crippen LogP contribution in [0.4, 0.5) is 0 Å². The lowest BCUT2D eigenvalue weighted by Crippen LogP contribution is -2.20. The van der Waals surface area contributed by atoms with Gasteiger partial charge in [0.15, 0.2) is 0 Å². The van der Waals surface area contributed by atoms with Gasteiger partial charge < -0.3 is 5.11 Å². The minimum absolute atomic E-state index is 0.650. The molecule has 78 valence electrons. The molecule has 2 heteroatoms. The predicted molar refractivity (Wildman–Crippen MR) is 54.7 cm³/mol. The molecule has 1 saturated carbocycles. The van der Waals surface area contributed by atoms with Crippen molar-refractivity contribution in [1.82, 2.24) is 0 Å².